The van der Waals surface area contributed by atoms with Crippen molar-refractivity contribution in [3.8, 4) is 0 Å². The van der Waals surface area contributed by atoms with Crippen LogP contribution >= 0.6 is 11.6 Å². The van der Waals surface area contributed by atoms with Crippen LogP contribution in [0, 0.1) is 0 Å². The summed E-state index contributed by atoms with van der Waals surface area (Å²) in [5.74, 6) is -0.377. The number of amides is 1. The Hall–Kier alpha value is -1.20. The number of nitrogens with one attached hydrogen (secondary N) is 1. The van der Waals surface area contributed by atoms with Crippen molar-refractivity contribution in [1.29, 1.82) is 0 Å². The fourth-order valence-corrected chi connectivity index (χ4v) is 0.798. The maximum atomic E-state index is 11.1. The van der Waals surface area contributed by atoms with E-state index in [0.717, 1.165) is 0 Å². The second-order valence-electron chi connectivity index (χ2n) is 2.22. The standard InChI is InChI=1S/C7H8ClN3O2/c8-6-2-1-5(10-11-6)7(13)9-3-4-12/h1-2,12H,3-4H2,(H,9,13). The van der Waals surface area contributed by atoms with E-state index in [9.17, 15) is 4.79 Å². The number of hydrogen-bond donors (Lipinski definition) is 2. The average Bonchev–Trinajstić information content (AvgIpc) is 2.15. The van der Waals surface area contributed by atoms with E-state index >= 15 is 0 Å². The molecule has 0 radical (unpaired) electrons. The van der Waals surface area contributed by atoms with Crippen LogP contribution in [0.5, 0.6) is 0 Å². The van der Waals surface area contributed by atoms with Crippen molar-refractivity contribution in [2.75, 3.05) is 13.2 Å². The Bertz CT molecular complexity index is 288. The van der Waals surface area contributed by atoms with Crippen molar-refractivity contribution >= 4 is 17.5 Å². The molecule has 1 heterocycles. The van der Waals surface area contributed by atoms with Gasteiger partial charge in [-0.25, -0.2) is 0 Å². The Morgan fingerprint density at radius 2 is 2.31 bits per heavy atom. The van der Waals surface area contributed by atoms with Crippen LogP contribution in [-0.2, 0) is 0 Å². The Balaban J connectivity index is 2.61. The first-order valence-electron chi connectivity index (χ1n) is 3.62. The minimum absolute atomic E-state index is 0.104. The van der Waals surface area contributed by atoms with Crippen molar-refractivity contribution in [3.63, 3.8) is 0 Å². The number of rotatable bonds is 3. The predicted molar refractivity (Wildman–Crippen MR) is 46.5 cm³/mol. The summed E-state index contributed by atoms with van der Waals surface area (Å²) in [6.45, 7) is 0.0932. The third-order valence-corrected chi connectivity index (χ3v) is 1.46. The number of aromatic nitrogens is 2. The first-order chi connectivity index (χ1) is 6.24. The summed E-state index contributed by atoms with van der Waals surface area (Å²) in [6.07, 6.45) is 0. The lowest BCUT2D eigenvalue weighted by Crippen LogP contribution is -2.27. The van der Waals surface area contributed by atoms with E-state index in [2.05, 4.69) is 15.5 Å². The van der Waals surface area contributed by atoms with Gasteiger partial charge in [0.1, 0.15) is 0 Å². The molecular formula is C7H8ClN3O2. The van der Waals surface area contributed by atoms with Crippen LogP contribution in [0.4, 0.5) is 0 Å². The molecule has 0 aliphatic rings. The smallest absolute Gasteiger partial charge is 0.271 e. The molecule has 0 saturated carbocycles. The zero-order valence-electron chi connectivity index (χ0n) is 6.70. The number of carbonyl (C=O) groups excluding carboxylic acids is 1. The van der Waals surface area contributed by atoms with Crippen LogP contribution in [0.1, 0.15) is 10.5 Å². The molecule has 6 heteroatoms. The topological polar surface area (TPSA) is 75.1 Å². The van der Waals surface area contributed by atoms with E-state index in [1.807, 2.05) is 0 Å². The molecule has 0 saturated heterocycles. The SMILES string of the molecule is O=C(NCCO)c1ccc(Cl)nn1. The molecular weight excluding hydrogens is 194 g/mol. The minimum Gasteiger partial charge on any atom is -0.395 e. The largest absolute Gasteiger partial charge is 0.395 e. The normalized spacial score (nSPS) is 9.69. The highest BCUT2D eigenvalue weighted by Gasteiger charge is 2.05. The van der Waals surface area contributed by atoms with Crippen LogP contribution in [0.25, 0.3) is 0 Å². The Morgan fingerprint density at radius 3 is 2.85 bits per heavy atom. The van der Waals surface area contributed by atoms with Gasteiger partial charge >= 0.3 is 0 Å². The molecule has 0 fully saturated rings. The Labute approximate surface area is 79.7 Å². The molecule has 0 unspecified atom stereocenters. The molecule has 5 nitrogen and oxygen atoms in total. The highest BCUT2D eigenvalue weighted by Crippen LogP contribution is 2.01. The monoisotopic (exact) mass is 201 g/mol. The zero-order valence-corrected chi connectivity index (χ0v) is 7.45. The molecule has 13 heavy (non-hydrogen) atoms. The summed E-state index contributed by atoms with van der Waals surface area (Å²) < 4.78 is 0. The first kappa shape index (κ1) is 9.88. The number of nitrogens with zero attached hydrogens (tertiary/aromatic N) is 2. The molecule has 0 bridgehead atoms. The van der Waals surface area contributed by atoms with Gasteiger partial charge < -0.3 is 10.4 Å². The molecule has 0 atom stereocenters. The van der Waals surface area contributed by atoms with Crippen molar-refractivity contribution in [2.24, 2.45) is 0 Å². The van der Waals surface area contributed by atoms with Gasteiger partial charge in [-0.15, -0.1) is 10.2 Å². The number of hydrogen-bond acceptors (Lipinski definition) is 4. The third-order valence-electron chi connectivity index (χ3n) is 1.26. The van der Waals surface area contributed by atoms with E-state index < -0.39 is 0 Å². The van der Waals surface area contributed by atoms with Gasteiger partial charge in [0.25, 0.3) is 5.91 Å². The van der Waals surface area contributed by atoms with Crippen molar-refractivity contribution in [3.05, 3.63) is 23.0 Å². The van der Waals surface area contributed by atoms with Gasteiger partial charge in [0, 0.05) is 6.54 Å². The highest BCUT2D eigenvalue weighted by molar-refractivity contribution is 6.29. The molecule has 1 rings (SSSR count). The van der Waals surface area contributed by atoms with E-state index in [1.165, 1.54) is 12.1 Å². The summed E-state index contributed by atoms with van der Waals surface area (Å²) in [6, 6.07) is 2.93. The van der Waals surface area contributed by atoms with Crippen LogP contribution in [0.3, 0.4) is 0 Å². The van der Waals surface area contributed by atoms with E-state index in [-0.39, 0.29) is 29.9 Å². The summed E-state index contributed by atoms with van der Waals surface area (Å²) in [4.78, 5) is 11.1. The summed E-state index contributed by atoms with van der Waals surface area (Å²) in [5, 5.41) is 18.2. The van der Waals surface area contributed by atoms with Crippen LogP contribution in [-0.4, -0.2) is 34.4 Å². The van der Waals surface area contributed by atoms with Crippen LogP contribution < -0.4 is 5.32 Å². The number of halogens is 1. The van der Waals surface area contributed by atoms with E-state index in [0.29, 0.717) is 0 Å². The quantitative estimate of drug-likeness (QED) is 0.714. The lowest BCUT2D eigenvalue weighted by Gasteiger charge is -2.00. The Morgan fingerprint density at radius 1 is 1.54 bits per heavy atom. The van der Waals surface area contributed by atoms with Gasteiger partial charge in [-0.1, -0.05) is 11.6 Å². The fraction of sp³-hybridized carbons (Fsp3) is 0.286. The molecule has 0 aliphatic heterocycles. The lowest BCUT2D eigenvalue weighted by atomic mass is 10.4. The van der Waals surface area contributed by atoms with Gasteiger partial charge in [-0.05, 0) is 12.1 Å². The Kier molecular flexibility index (Phi) is 3.60. The van der Waals surface area contributed by atoms with Crippen LogP contribution in [0.15, 0.2) is 12.1 Å². The third kappa shape index (κ3) is 2.96. The van der Waals surface area contributed by atoms with Gasteiger partial charge in [0.15, 0.2) is 10.8 Å². The van der Waals surface area contributed by atoms with Gasteiger partial charge in [0.2, 0.25) is 0 Å². The number of aliphatic hydroxyl groups is 1. The second-order valence-corrected chi connectivity index (χ2v) is 2.61. The number of aliphatic hydroxyl groups excluding tert-OH is 1. The van der Waals surface area contributed by atoms with Gasteiger partial charge in [-0.3, -0.25) is 4.79 Å². The van der Waals surface area contributed by atoms with Gasteiger partial charge in [0.05, 0.1) is 6.61 Å². The van der Waals surface area contributed by atoms with Gasteiger partial charge in [-0.2, -0.15) is 0 Å². The molecule has 1 aromatic rings. The molecule has 2 N–H and O–H groups in total. The molecule has 0 aromatic carbocycles. The first-order valence-corrected chi connectivity index (χ1v) is 4.00. The van der Waals surface area contributed by atoms with Crippen molar-refractivity contribution < 1.29 is 9.90 Å². The predicted octanol–water partition coefficient (Wildman–Crippen LogP) is -0.148. The van der Waals surface area contributed by atoms with E-state index in [1.54, 1.807) is 0 Å². The maximum Gasteiger partial charge on any atom is 0.271 e. The maximum absolute atomic E-state index is 11.1. The summed E-state index contributed by atoms with van der Waals surface area (Å²) in [7, 11) is 0. The second kappa shape index (κ2) is 4.74. The van der Waals surface area contributed by atoms with Crippen molar-refractivity contribution in [1.82, 2.24) is 15.5 Å². The van der Waals surface area contributed by atoms with E-state index in [4.69, 9.17) is 16.7 Å². The zero-order chi connectivity index (χ0) is 9.68. The highest BCUT2D eigenvalue weighted by atomic mass is 35.5. The lowest BCUT2D eigenvalue weighted by molar-refractivity contribution is 0.0939. The molecule has 0 spiro atoms. The molecule has 70 valence electrons. The minimum atomic E-state index is -0.377. The fourth-order valence-electron chi connectivity index (χ4n) is 0.697. The molecule has 1 amide bonds. The van der Waals surface area contributed by atoms with Crippen molar-refractivity contribution in [2.45, 2.75) is 0 Å². The molecule has 0 aliphatic carbocycles. The number of carbonyl (C=O) groups is 1. The summed E-state index contributed by atoms with van der Waals surface area (Å²) >= 11 is 5.48. The van der Waals surface area contributed by atoms with Crippen LogP contribution in [0.2, 0.25) is 5.15 Å². The average molecular weight is 202 g/mol. The summed E-state index contributed by atoms with van der Waals surface area (Å²) in [5.41, 5.74) is 0.179. The molecule has 1 aromatic heterocycles.